The van der Waals surface area contributed by atoms with Crippen LogP contribution in [0, 0.1) is 10.1 Å². The summed E-state index contributed by atoms with van der Waals surface area (Å²) in [4.78, 5) is 48.0. The number of hydrogen-bond donors (Lipinski definition) is 1. The second-order valence-corrected chi connectivity index (χ2v) is 6.88. The van der Waals surface area contributed by atoms with Gasteiger partial charge in [-0.3, -0.25) is 29.9 Å². The minimum Gasteiger partial charge on any atom is -0.490 e. The summed E-state index contributed by atoms with van der Waals surface area (Å²) in [6.07, 6.45) is 2.73. The van der Waals surface area contributed by atoms with Crippen LogP contribution in [-0.4, -0.2) is 40.8 Å². The number of imide groups is 2. The summed E-state index contributed by atoms with van der Waals surface area (Å²) < 4.78 is 11.4. The van der Waals surface area contributed by atoms with Gasteiger partial charge in [-0.05, 0) is 36.3 Å². The van der Waals surface area contributed by atoms with Crippen LogP contribution in [0.2, 0.25) is 0 Å². The van der Waals surface area contributed by atoms with Crippen molar-refractivity contribution in [2.75, 3.05) is 13.2 Å². The monoisotopic (exact) mass is 451 g/mol. The van der Waals surface area contributed by atoms with Gasteiger partial charge in [0.25, 0.3) is 17.5 Å². The number of barbiturate groups is 1. The van der Waals surface area contributed by atoms with Crippen LogP contribution in [0.15, 0.2) is 60.7 Å². The van der Waals surface area contributed by atoms with E-state index in [0.29, 0.717) is 29.2 Å². The van der Waals surface area contributed by atoms with Gasteiger partial charge in [-0.2, -0.15) is 0 Å². The Kier molecular flexibility index (Phi) is 7.19. The third-order valence-electron chi connectivity index (χ3n) is 4.59. The Bertz CT molecular complexity index is 1160. The molecule has 0 aromatic heterocycles. The Balaban J connectivity index is 1.84. The molecule has 0 aliphatic carbocycles. The summed E-state index contributed by atoms with van der Waals surface area (Å²) in [5, 5.41) is 13.1. The van der Waals surface area contributed by atoms with E-state index in [0.717, 1.165) is 4.90 Å². The number of nitro groups is 1. The lowest BCUT2D eigenvalue weighted by Crippen LogP contribution is -2.54. The van der Waals surface area contributed by atoms with Crippen molar-refractivity contribution < 1.29 is 28.8 Å². The number of non-ortho nitro benzene ring substituents is 1. The largest absolute Gasteiger partial charge is 0.490 e. The maximum atomic E-state index is 12.6. The van der Waals surface area contributed by atoms with Crippen molar-refractivity contribution in [3.05, 3.63) is 81.9 Å². The van der Waals surface area contributed by atoms with Gasteiger partial charge in [0.05, 0.1) is 11.5 Å². The Morgan fingerprint density at radius 2 is 1.91 bits per heavy atom. The fraction of sp³-hybridized carbons (Fsp3) is 0.174. The summed E-state index contributed by atoms with van der Waals surface area (Å²) >= 11 is 0. The second-order valence-electron chi connectivity index (χ2n) is 6.88. The van der Waals surface area contributed by atoms with Crippen molar-refractivity contribution in [1.29, 1.82) is 0 Å². The van der Waals surface area contributed by atoms with E-state index < -0.39 is 22.8 Å². The highest BCUT2D eigenvalue weighted by molar-refractivity contribution is 6.31. The molecule has 0 atom stereocenters. The zero-order valence-corrected chi connectivity index (χ0v) is 17.8. The first kappa shape index (κ1) is 23.2. The molecule has 1 aliphatic heterocycles. The number of hydrogen-bond acceptors (Lipinski definition) is 7. The topological polar surface area (TPSA) is 128 Å². The minimum atomic E-state index is -0.804. The number of rotatable bonds is 9. The van der Waals surface area contributed by atoms with Gasteiger partial charge >= 0.3 is 6.03 Å². The highest BCUT2D eigenvalue weighted by Gasteiger charge is 2.34. The van der Waals surface area contributed by atoms with Crippen LogP contribution in [0.25, 0.3) is 6.08 Å². The third-order valence-corrected chi connectivity index (χ3v) is 4.59. The molecule has 10 nitrogen and oxygen atoms in total. The number of carbonyl (C=O) groups excluding carboxylic acids is 3. The maximum Gasteiger partial charge on any atom is 0.331 e. The summed E-state index contributed by atoms with van der Waals surface area (Å²) in [7, 11) is 0. The van der Waals surface area contributed by atoms with E-state index in [2.05, 4.69) is 11.9 Å². The van der Waals surface area contributed by atoms with Crippen LogP contribution < -0.4 is 14.8 Å². The van der Waals surface area contributed by atoms with Gasteiger partial charge in [-0.25, -0.2) is 4.79 Å². The van der Waals surface area contributed by atoms with Crippen LogP contribution >= 0.6 is 0 Å². The van der Waals surface area contributed by atoms with Crippen LogP contribution in [0.1, 0.15) is 18.1 Å². The summed E-state index contributed by atoms with van der Waals surface area (Å²) in [6, 6.07) is 10.1. The fourth-order valence-electron chi connectivity index (χ4n) is 3.08. The zero-order valence-electron chi connectivity index (χ0n) is 17.8. The van der Waals surface area contributed by atoms with Gasteiger partial charge in [-0.1, -0.05) is 24.3 Å². The van der Waals surface area contributed by atoms with Crippen molar-refractivity contribution in [2.45, 2.75) is 13.5 Å². The SMILES string of the molecule is C=CCN1C(=O)NC(=O)/C(=C/c2ccc(OCc3cccc([N+](=O)[O-])c3)c(OCC)c2)C1=O. The quantitative estimate of drug-likeness (QED) is 0.204. The summed E-state index contributed by atoms with van der Waals surface area (Å²) in [6.45, 7) is 5.65. The van der Waals surface area contributed by atoms with Crippen molar-refractivity contribution in [1.82, 2.24) is 10.2 Å². The molecule has 0 spiro atoms. The van der Waals surface area contributed by atoms with Crippen LogP contribution in [-0.2, 0) is 16.2 Å². The number of urea groups is 1. The molecule has 10 heteroatoms. The smallest absolute Gasteiger partial charge is 0.331 e. The van der Waals surface area contributed by atoms with Crippen LogP contribution in [0.3, 0.4) is 0 Å². The Labute approximate surface area is 189 Å². The molecule has 2 aromatic carbocycles. The van der Waals surface area contributed by atoms with Gasteiger partial charge in [0.1, 0.15) is 12.2 Å². The molecule has 4 amide bonds. The highest BCUT2D eigenvalue weighted by atomic mass is 16.6. The number of nitro benzene ring substituents is 1. The molecular weight excluding hydrogens is 430 g/mol. The number of amides is 4. The average molecular weight is 451 g/mol. The molecule has 3 rings (SSSR count). The van der Waals surface area contributed by atoms with E-state index in [1.54, 1.807) is 37.3 Å². The normalized spacial score (nSPS) is 14.8. The molecular formula is C23H21N3O7. The van der Waals surface area contributed by atoms with E-state index >= 15 is 0 Å². The second kappa shape index (κ2) is 10.2. The molecule has 0 radical (unpaired) electrons. The van der Waals surface area contributed by atoms with E-state index in [9.17, 15) is 24.5 Å². The number of ether oxygens (including phenoxy) is 2. The number of carbonyl (C=O) groups is 3. The molecule has 1 saturated heterocycles. The van der Waals surface area contributed by atoms with E-state index in [-0.39, 0.29) is 24.4 Å². The van der Waals surface area contributed by atoms with Crippen LogP contribution in [0.5, 0.6) is 11.5 Å². The molecule has 33 heavy (non-hydrogen) atoms. The molecule has 1 heterocycles. The Hall–Kier alpha value is -4.47. The fourth-order valence-corrected chi connectivity index (χ4v) is 3.08. The first-order valence-electron chi connectivity index (χ1n) is 9.96. The standard InChI is InChI=1S/C23H21N3O7/c1-3-10-25-22(28)18(21(27)24-23(25)29)12-15-8-9-19(20(13-15)32-4-2)33-14-16-6-5-7-17(11-16)26(30)31/h3,5-9,11-13H,1,4,10,14H2,2H3,(H,24,27,29)/b18-12-. The van der Waals surface area contributed by atoms with Crippen LogP contribution in [0.4, 0.5) is 10.5 Å². The molecule has 170 valence electrons. The molecule has 1 N–H and O–H groups in total. The maximum absolute atomic E-state index is 12.6. The number of nitrogens with one attached hydrogen (secondary N) is 1. The third kappa shape index (κ3) is 5.42. The van der Waals surface area contributed by atoms with Crippen molar-refractivity contribution in [2.24, 2.45) is 0 Å². The number of nitrogens with zero attached hydrogens (tertiary/aromatic N) is 2. The van der Waals surface area contributed by atoms with Gasteiger partial charge < -0.3 is 9.47 Å². The highest BCUT2D eigenvalue weighted by Crippen LogP contribution is 2.31. The zero-order chi connectivity index (χ0) is 24.0. The minimum absolute atomic E-state index is 0.0378. The van der Waals surface area contributed by atoms with Crippen molar-refractivity contribution in [3.8, 4) is 11.5 Å². The predicted molar refractivity (Wildman–Crippen MR) is 118 cm³/mol. The Morgan fingerprint density at radius 1 is 1.12 bits per heavy atom. The number of benzene rings is 2. The molecule has 0 unspecified atom stereocenters. The van der Waals surface area contributed by atoms with Crippen molar-refractivity contribution in [3.63, 3.8) is 0 Å². The van der Waals surface area contributed by atoms with E-state index in [1.165, 1.54) is 24.3 Å². The van der Waals surface area contributed by atoms with Gasteiger partial charge in [0, 0.05) is 18.7 Å². The first-order chi connectivity index (χ1) is 15.8. The molecule has 0 bridgehead atoms. The lowest BCUT2D eigenvalue weighted by Gasteiger charge is -2.25. The van der Waals surface area contributed by atoms with E-state index in [1.807, 2.05) is 0 Å². The van der Waals surface area contributed by atoms with E-state index in [4.69, 9.17) is 9.47 Å². The van der Waals surface area contributed by atoms with Crippen molar-refractivity contribution >= 4 is 29.6 Å². The van der Waals surface area contributed by atoms with Gasteiger partial charge in [0.2, 0.25) is 0 Å². The molecule has 2 aromatic rings. The lowest BCUT2D eigenvalue weighted by atomic mass is 10.1. The first-order valence-corrected chi connectivity index (χ1v) is 9.96. The summed E-state index contributed by atoms with van der Waals surface area (Å²) in [5.74, 6) is -0.782. The summed E-state index contributed by atoms with van der Waals surface area (Å²) in [5.41, 5.74) is 0.841. The molecule has 1 fully saturated rings. The lowest BCUT2D eigenvalue weighted by molar-refractivity contribution is -0.384. The van der Waals surface area contributed by atoms with Gasteiger partial charge in [0.15, 0.2) is 11.5 Å². The average Bonchev–Trinajstić information content (AvgIpc) is 2.79. The Morgan fingerprint density at radius 3 is 2.61 bits per heavy atom. The predicted octanol–water partition coefficient (Wildman–Crippen LogP) is 3.22. The van der Waals surface area contributed by atoms with Gasteiger partial charge in [-0.15, -0.1) is 6.58 Å². The molecule has 0 saturated carbocycles. The molecule has 1 aliphatic rings.